The van der Waals surface area contributed by atoms with Gasteiger partial charge in [0.15, 0.2) is 0 Å². The predicted molar refractivity (Wildman–Crippen MR) is 69.0 cm³/mol. The van der Waals surface area contributed by atoms with Crippen molar-refractivity contribution in [2.75, 3.05) is 13.7 Å². The molecule has 1 unspecified atom stereocenters. The molecule has 1 aromatic rings. The summed E-state index contributed by atoms with van der Waals surface area (Å²) in [5.74, 6) is 1.65. The number of nitrogens with two attached hydrogens (primary N) is 1. The normalized spacial score (nSPS) is 12.6. The summed E-state index contributed by atoms with van der Waals surface area (Å²) in [6, 6.07) is 4.38. The number of aryl methyl sites for hydroxylation is 2. The lowest BCUT2D eigenvalue weighted by Gasteiger charge is -2.16. The van der Waals surface area contributed by atoms with Crippen molar-refractivity contribution >= 4 is 0 Å². The average Bonchev–Trinajstić information content (AvgIpc) is 2.17. The van der Waals surface area contributed by atoms with Gasteiger partial charge in [-0.1, -0.05) is 24.6 Å². The first kappa shape index (κ1) is 13.0. The Kier molecular flexibility index (Phi) is 4.81. The largest absolute Gasteiger partial charge is 0.496 e. The second kappa shape index (κ2) is 5.90. The van der Waals surface area contributed by atoms with E-state index < -0.39 is 0 Å². The number of benzene rings is 1. The predicted octanol–water partition coefficient (Wildman–Crippen LogP) is 2.84. The smallest absolute Gasteiger partial charge is 0.124 e. The van der Waals surface area contributed by atoms with Crippen LogP contribution in [0, 0.1) is 19.8 Å². The van der Waals surface area contributed by atoms with Gasteiger partial charge in [0.05, 0.1) is 7.11 Å². The molecule has 16 heavy (non-hydrogen) atoms. The number of methoxy groups -OCH3 is 1. The standard InChI is InChI=1S/C14H23NO/c1-10(5-6-15)8-13-9-11(2)7-12(3)14(13)16-4/h7,9-10H,5-6,8,15H2,1-4H3. The molecule has 0 heterocycles. The summed E-state index contributed by atoms with van der Waals surface area (Å²) in [7, 11) is 1.74. The lowest BCUT2D eigenvalue weighted by atomic mass is 9.94. The highest BCUT2D eigenvalue weighted by Crippen LogP contribution is 2.27. The average molecular weight is 221 g/mol. The minimum absolute atomic E-state index is 0.611. The zero-order chi connectivity index (χ0) is 12.1. The topological polar surface area (TPSA) is 35.2 Å². The molecule has 0 aliphatic carbocycles. The molecule has 0 amide bonds. The van der Waals surface area contributed by atoms with Gasteiger partial charge in [-0.2, -0.15) is 0 Å². The Hall–Kier alpha value is -1.02. The van der Waals surface area contributed by atoms with Crippen molar-refractivity contribution in [3.8, 4) is 5.75 Å². The monoisotopic (exact) mass is 221 g/mol. The summed E-state index contributed by atoms with van der Waals surface area (Å²) in [5, 5.41) is 0. The van der Waals surface area contributed by atoms with Gasteiger partial charge in [0.1, 0.15) is 5.75 Å². The SMILES string of the molecule is COc1c(C)cc(C)cc1CC(C)CCN. The third-order valence-corrected chi connectivity index (χ3v) is 2.93. The molecular formula is C14H23NO. The molecule has 2 heteroatoms. The van der Waals surface area contributed by atoms with E-state index >= 15 is 0 Å². The van der Waals surface area contributed by atoms with Gasteiger partial charge in [0, 0.05) is 0 Å². The molecule has 2 N–H and O–H groups in total. The number of hydrogen-bond acceptors (Lipinski definition) is 2. The van der Waals surface area contributed by atoms with Crippen LogP contribution >= 0.6 is 0 Å². The Morgan fingerprint density at radius 2 is 2.00 bits per heavy atom. The molecule has 1 aromatic carbocycles. The molecule has 0 aliphatic heterocycles. The van der Waals surface area contributed by atoms with E-state index in [1.807, 2.05) is 0 Å². The van der Waals surface area contributed by atoms with E-state index in [4.69, 9.17) is 10.5 Å². The van der Waals surface area contributed by atoms with E-state index in [1.54, 1.807) is 7.11 Å². The molecule has 0 spiro atoms. The lowest BCUT2D eigenvalue weighted by Crippen LogP contribution is -2.09. The zero-order valence-electron chi connectivity index (χ0n) is 10.8. The van der Waals surface area contributed by atoms with Crippen molar-refractivity contribution in [3.05, 3.63) is 28.8 Å². The summed E-state index contributed by atoms with van der Waals surface area (Å²) in [4.78, 5) is 0. The number of rotatable bonds is 5. The second-order valence-corrected chi connectivity index (χ2v) is 4.66. The summed E-state index contributed by atoms with van der Waals surface area (Å²) < 4.78 is 5.48. The van der Waals surface area contributed by atoms with Crippen molar-refractivity contribution in [1.82, 2.24) is 0 Å². The first-order chi connectivity index (χ1) is 7.58. The molecule has 0 saturated heterocycles. The van der Waals surface area contributed by atoms with Crippen molar-refractivity contribution in [2.45, 2.75) is 33.6 Å². The van der Waals surface area contributed by atoms with E-state index in [0.717, 1.165) is 25.1 Å². The summed E-state index contributed by atoms with van der Waals surface area (Å²) >= 11 is 0. The molecule has 0 bridgehead atoms. The van der Waals surface area contributed by atoms with Gasteiger partial charge in [-0.25, -0.2) is 0 Å². The summed E-state index contributed by atoms with van der Waals surface area (Å²) in [5.41, 5.74) is 9.41. The maximum absolute atomic E-state index is 5.58. The van der Waals surface area contributed by atoms with Crippen LogP contribution in [0.2, 0.25) is 0 Å². The van der Waals surface area contributed by atoms with E-state index in [-0.39, 0.29) is 0 Å². The van der Waals surface area contributed by atoms with Crippen LogP contribution in [0.15, 0.2) is 12.1 Å². The van der Waals surface area contributed by atoms with E-state index in [0.29, 0.717) is 5.92 Å². The molecule has 2 nitrogen and oxygen atoms in total. The molecule has 0 aromatic heterocycles. The second-order valence-electron chi connectivity index (χ2n) is 4.66. The van der Waals surface area contributed by atoms with Crippen LogP contribution in [-0.2, 0) is 6.42 Å². The quantitative estimate of drug-likeness (QED) is 0.829. The van der Waals surface area contributed by atoms with Gasteiger partial charge in [-0.15, -0.1) is 0 Å². The molecule has 90 valence electrons. The molecule has 0 fully saturated rings. The Bertz CT molecular complexity index is 347. The molecule has 0 aliphatic rings. The van der Waals surface area contributed by atoms with E-state index in [2.05, 4.69) is 32.9 Å². The Morgan fingerprint density at radius 1 is 1.31 bits per heavy atom. The fraction of sp³-hybridized carbons (Fsp3) is 0.571. The summed E-state index contributed by atoms with van der Waals surface area (Å²) in [6.45, 7) is 7.23. The van der Waals surface area contributed by atoms with Gasteiger partial charge >= 0.3 is 0 Å². The molecule has 0 saturated carbocycles. The van der Waals surface area contributed by atoms with Crippen molar-refractivity contribution < 1.29 is 4.74 Å². The number of ether oxygens (including phenoxy) is 1. The van der Waals surface area contributed by atoms with Crippen LogP contribution in [0.3, 0.4) is 0 Å². The zero-order valence-corrected chi connectivity index (χ0v) is 10.8. The van der Waals surface area contributed by atoms with Crippen LogP contribution < -0.4 is 10.5 Å². The highest BCUT2D eigenvalue weighted by atomic mass is 16.5. The Balaban J connectivity index is 2.93. The van der Waals surface area contributed by atoms with Crippen LogP contribution in [0.5, 0.6) is 5.75 Å². The molecule has 1 rings (SSSR count). The maximum atomic E-state index is 5.58. The minimum Gasteiger partial charge on any atom is -0.496 e. The number of hydrogen-bond donors (Lipinski definition) is 1. The van der Waals surface area contributed by atoms with Gasteiger partial charge in [0.2, 0.25) is 0 Å². The Labute approximate surface area is 98.8 Å². The highest BCUT2D eigenvalue weighted by molar-refractivity contribution is 5.44. The maximum Gasteiger partial charge on any atom is 0.124 e. The minimum atomic E-state index is 0.611. The molecule has 0 radical (unpaired) electrons. The van der Waals surface area contributed by atoms with Gasteiger partial charge in [-0.05, 0) is 50.3 Å². The van der Waals surface area contributed by atoms with Gasteiger partial charge in [-0.3, -0.25) is 0 Å². The lowest BCUT2D eigenvalue weighted by molar-refractivity contribution is 0.401. The fourth-order valence-electron chi connectivity index (χ4n) is 2.25. The first-order valence-corrected chi connectivity index (χ1v) is 5.92. The third kappa shape index (κ3) is 3.24. The molecular weight excluding hydrogens is 198 g/mol. The third-order valence-electron chi connectivity index (χ3n) is 2.93. The highest BCUT2D eigenvalue weighted by Gasteiger charge is 2.10. The molecule has 1 atom stereocenters. The van der Waals surface area contributed by atoms with Crippen LogP contribution in [0.4, 0.5) is 0 Å². The van der Waals surface area contributed by atoms with Crippen molar-refractivity contribution in [3.63, 3.8) is 0 Å². The van der Waals surface area contributed by atoms with Gasteiger partial charge < -0.3 is 10.5 Å². The fourth-order valence-corrected chi connectivity index (χ4v) is 2.25. The van der Waals surface area contributed by atoms with E-state index in [1.165, 1.54) is 16.7 Å². The Morgan fingerprint density at radius 3 is 2.56 bits per heavy atom. The van der Waals surface area contributed by atoms with E-state index in [9.17, 15) is 0 Å². The summed E-state index contributed by atoms with van der Waals surface area (Å²) in [6.07, 6.45) is 2.11. The van der Waals surface area contributed by atoms with Crippen molar-refractivity contribution in [1.29, 1.82) is 0 Å². The first-order valence-electron chi connectivity index (χ1n) is 5.92. The van der Waals surface area contributed by atoms with Crippen LogP contribution in [-0.4, -0.2) is 13.7 Å². The van der Waals surface area contributed by atoms with Crippen LogP contribution in [0.25, 0.3) is 0 Å². The van der Waals surface area contributed by atoms with Crippen LogP contribution in [0.1, 0.15) is 30.0 Å². The van der Waals surface area contributed by atoms with Gasteiger partial charge in [0.25, 0.3) is 0 Å². The van der Waals surface area contributed by atoms with Crippen molar-refractivity contribution in [2.24, 2.45) is 11.7 Å².